The molecule has 132 valence electrons. The summed E-state index contributed by atoms with van der Waals surface area (Å²) in [4.78, 5) is 22.5. The molecule has 0 aliphatic heterocycles. The van der Waals surface area contributed by atoms with Gasteiger partial charge in [-0.15, -0.1) is 0 Å². The quantitative estimate of drug-likeness (QED) is 0.465. The molecule has 0 aromatic heterocycles. The van der Waals surface area contributed by atoms with Crippen molar-refractivity contribution in [3.8, 4) is 0 Å². The van der Waals surface area contributed by atoms with Crippen LogP contribution >= 0.6 is 0 Å². The number of Topliss-reactive ketones (excluding diaryl/α,β-unsaturated/α-hetero) is 1. The van der Waals surface area contributed by atoms with Crippen LogP contribution in [0.25, 0.3) is 0 Å². The lowest BCUT2D eigenvalue weighted by Crippen LogP contribution is -2.23. The van der Waals surface area contributed by atoms with Crippen LogP contribution in [0.4, 0.5) is 10.5 Å². The number of carbonyl (C=O) groups excluding carboxylic acids is 1. The SMILES string of the molecule is O=C(O)NCCC(=O)c1cccc(NCCCC2CCCCC2)c1. The van der Waals surface area contributed by atoms with E-state index in [1.54, 1.807) is 6.07 Å². The van der Waals surface area contributed by atoms with Crippen molar-refractivity contribution >= 4 is 17.6 Å². The maximum Gasteiger partial charge on any atom is 0.404 e. The van der Waals surface area contributed by atoms with Crippen LogP contribution in [0.1, 0.15) is 61.7 Å². The van der Waals surface area contributed by atoms with Gasteiger partial charge in [-0.25, -0.2) is 4.79 Å². The van der Waals surface area contributed by atoms with E-state index in [0.29, 0.717) is 5.56 Å². The fourth-order valence-electron chi connectivity index (χ4n) is 3.33. The van der Waals surface area contributed by atoms with Gasteiger partial charge in [0.05, 0.1) is 0 Å². The fourth-order valence-corrected chi connectivity index (χ4v) is 3.33. The van der Waals surface area contributed by atoms with Crippen LogP contribution in [-0.4, -0.2) is 30.1 Å². The third-order valence-electron chi connectivity index (χ3n) is 4.66. The third-order valence-corrected chi connectivity index (χ3v) is 4.66. The van der Waals surface area contributed by atoms with Crippen LogP contribution in [0, 0.1) is 5.92 Å². The van der Waals surface area contributed by atoms with Gasteiger partial charge in [-0.1, -0.05) is 44.2 Å². The van der Waals surface area contributed by atoms with E-state index in [9.17, 15) is 9.59 Å². The molecular weight excluding hydrogens is 304 g/mol. The molecule has 3 N–H and O–H groups in total. The molecule has 5 heteroatoms. The molecule has 1 aromatic rings. The Morgan fingerprint density at radius 1 is 1.12 bits per heavy atom. The molecule has 0 saturated heterocycles. The predicted molar refractivity (Wildman–Crippen MR) is 95.7 cm³/mol. The number of ketones is 1. The van der Waals surface area contributed by atoms with Crippen LogP contribution < -0.4 is 10.6 Å². The van der Waals surface area contributed by atoms with E-state index >= 15 is 0 Å². The van der Waals surface area contributed by atoms with E-state index in [2.05, 4.69) is 10.6 Å². The van der Waals surface area contributed by atoms with Crippen molar-refractivity contribution in [3.05, 3.63) is 29.8 Å². The number of nitrogens with one attached hydrogen (secondary N) is 2. The number of rotatable bonds is 9. The summed E-state index contributed by atoms with van der Waals surface area (Å²) in [7, 11) is 0. The second-order valence-corrected chi connectivity index (χ2v) is 6.56. The van der Waals surface area contributed by atoms with Crippen LogP contribution in [-0.2, 0) is 0 Å². The van der Waals surface area contributed by atoms with Crippen LogP contribution in [0.15, 0.2) is 24.3 Å². The topological polar surface area (TPSA) is 78.4 Å². The maximum atomic E-state index is 12.1. The molecule has 0 spiro atoms. The van der Waals surface area contributed by atoms with Gasteiger partial charge >= 0.3 is 6.09 Å². The zero-order valence-electron chi connectivity index (χ0n) is 14.2. The lowest BCUT2D eigenvalue weighted by atomic mass is 9.86. The predicted octanol–water partition coefficient (Wildman–Crippen LogP) is 4.30. The van der Waals surface area contributed by atoms with Crippen LogP contribution in [0.2, 0.25) is 0 Å². The molecule has 1 saturated carbocycles. The Morgan fingerprint density at radius 3 is 2.67 bits per heavy atom. The van der Waals surface area contributed by atoms with Gasteiger partial charge < -0.3 is 15.7 Å². The molecule has 5 nitrogen and oxygen atoms in total. The molecule has 1 fully saturated rings. The molecular formula is C19H28N2O3. The average molecular weight is 332 g/mol. The Balaban J connectivity index is 1.71. The normalized spacial score (nSPS) is 15.0. The number of benzene rings is 1. The Labute approximate surface area is 143 Å². The summed E-state index contributed by atoms with van der Waals surface area (Å²) in [6, 6.07) is 7.45. The molecule has 1 aromatic carbocycles. The lowest BCUT2D eigenvalue weighted by Gasteiger charge is -2.21. The van der Waals surface area contributed by atoms with E-state index < -0.39 is 6.09 Å². The van der Waals surface area contributed by atoms with E-state index in [-0.39, 0.29) is 18.7 Å². The van der Waals surface area contributed by atoms with E-state index in [0.717, 1.165) is 24.6 Å². The number of hydrogen-bond donors (Lipinski definition) is 3. The Bertz CT molecular complexity index is 539. The Hall–Kier alpha value is -2.04. The minimum absolute atomic E-state index is 0.0467. The number of carbonyl (C=O) groups is 2. The third kappa shape index (κ3) is 6.60. The number of amides is 1. The van der Waals surface area contributed by atoms with Crippen molar-refractivity contribution in [3.63, 3.8) is 0 Å². The second kappa shape index (κ2) is 9.96. The summed E-state index contributed by atoms with van der Waals surface area (Å²) in [5, 5.41) is 14.1. The highest BCUT2D eigenvalue weighted by Gasteiger charge is 2.12. The highest BCUT2D eigenvalue weighted by Crippen LogP contribution is 2.27. The van der Waals surface area contributed by atoms with Crippen molar-refractivity contribution < 1.29 is 14.7 Å². The van der Waals surface area contributed by atoms with Gasteiger partial charge in [0.25, 0.3) is 0 Å². The zero-order chi connectivity index (χ0) is 17.2. The van der Waals surface area contributed by atoms with E-state index in [1.165, 1.54) is 38.5 Å². The highest BCUT2D eigenvalue weighted by molar-refractivity contribution is 5.97. The molecule has 0 radical (unpaired) electrons. The first-order chi connectivity index (χ1) is 11.6. The van der Waals surface area contributed by atoms with E-state index in [4.69, 9.17) is 5.11 Å². The van der Waals surface area contributed by atoms with Crippen molar-refractivity contribution in [1.29, 1.82) is 0 Å². The van der Waals surface area contributed by atoms with Gasteiger partial charge in [0, 0.05) is 30.8 Å². The molecule has 1 aliphatic carbocycles. The molecule has 1 amide bonds. The molecule has 2 rings (SSSR count). The average Bonchev–Trinajstić information content (AvgIpc) is 2.59. The fraction of sp³-hybridized carbons (Fsp3) is 0.579. The first-order valence-corrected chi connectivity index (χ1v) is 8.99. The monoisotopic (exact) mass is 332 g/mol. The summed E-state index contributed by atoms with van der Waals surface area (Å²) >= 11 is 0. The summed E-state index contributed by atoms with van der Waals surface area (Å²) in [6.07, 6.45) is 8.46. The maximum absolute atomic E-state index is 12.1. The molecule has 0 unspecified atom stereocenters. The van der Waals surface area contributed by atoms with Gasteiger partial charge in [-0.2, -0.15) is 0 Å². The van der Waals surface area contributed by atoms with Gasteiger partial charge in [0.1, 0.15) is 0 Å². The van der Waals surface area contributed by atoms with Gasteiger partial charge in [0.15, 0.2) is 5.78 Å². The standard InChI is InChI=1S/C19H28N2O3/c22-18(11-13-21-19(23)24)16-9-4-10-17(14-16)20-12-5-8-15-6-2-1-3-7-15/h4,9-10,14-15,20-21H,1-3,5-8,11-13H2,(H,23,24). The first kappa shape index (κ1) is 18.3. The van der Waals surface area contributed by atoms with Gasteiger partial charge in [0.2, 0.25) is 0 Å². The minimum Gasteiger partial charge on any atom is -0.465 e. The van der Waals surface area contributed by atoms with Crippen molar-refractivity contribution in [2.24, 2.45) is 5.92 Å². The molecule has 0 atom stereocenters. The minimum atomic E-state index is -1.10. The summed E-state index contributed by atoms with van der Waals surface area (Å²) in [5.41, 5.74) is 1.58. The largest absolute Gasteiger partial charge is 0.465 e. The van der Waals surface area contributed by atoms with Crippen molar-refractivity contribution in [2.45, 2.75) is 51.4 Å². The van der Waals surface area contributed by atoms with Crippen molar-refractivity contribution in [2.75, 3.05) is 18.4 Å². The Morgan fingerprint density at radius 2 is 1.92 bits per heavy atom. The Kier molecular flexibility index (Phi) is 7.59. The molecule has 0 heterocycles. The zero-order valence-corrected chi connectivity index (χ0v) is 14.2. The summed E-state index contributed by atoms with van der Waals surface area (Å²) in [5.74, 6) is 0.852. The number of hydrogen-bond acceptors (Lipinski definition) is 3. The lowest BCUT2D eigenvalue weighted by molar-refractivity contribution is 0.0983. The second-order valence-electron chi connectivity index (χ2n) is 6.56. The van der Waals surface area contributed by atoms with Crippen LogP contribution in [0.5, 0.6) is 0 Å². The highest BCUT2D eigenvalue weighted by atomic mass is 16.4. The number of anilines is 1. The summed E-state index contributed by atoms with van der Waals surface area (Å²) in [6.45, 7) is 1.07. The molecule has 0 bridgehead atoms. The molecule has 24 heavy (non-hydrogen) atoms. The smallest absolute Gasteiger partial charge is 0.404 e. The van der Waals surface area contributed by atoms with Gasteiger partial charge in [-0.05, 0) is 30.9 Å². The number of carboxylic acid groups (broad SMARTS) is 1. The molecule has 1 aliphatic rings. The summed E-state index contributed by atoms with van der Waals surface area (Å²) < 4.78 is 0. The van der Waals surface area contributed by atoms with Crippen LogP contribution in [0.3, 0.4) is 0 Å². The van der Waals surface area contributed by atoms with Gasteiger partial charge in [-0.3, -0.25) is 4.79 Å². The van der Waals surface area contributed by atoms with E-state index in [1.807, 2.05) is 18.2 Å². The van der Waals surface area contributed by atoms with Crippen molar-refractivity contribution in [1.82, 2.24) is 5.32 Å². The first-order valence-electron chi connectivity index (χ1n) is 8.99.